The summed E-state index contributed by atoms with van der Waals surface area (Å²) in [6.07, 6.45) is 2.73. The number of carbonyl (C=O) groups is 2. The highest BCUT2D eigenvalue weighted by molar-refractivity contribution is 7.91. The first-order chi connectivity index (χ1) is 17.1. The lowest BCUT2D eigenvalue weighted by Crippen LogP contribution is -2.28. The maximum atomic E-state index is 13.0. The molecule has 0 saturated heterocycles. The second-order valence-electron chi connectivity index (χ2n) is 9.76. The van der Waals surface area contributed by atoms with Gasteiger partial charge in [0.15, 0.2) is 9.84 Å². The topological polar surface area (TPSA) is 117 Å². The first kappa shape index (κ1) is 27.9. The monoisotopic (exact) mass is 519 g/mol. The molecule has 0 aliphatic carbocycles. The average Bonchev–Trinajstić information content (AvgIpc) is 3.18. The van der Waals surface area contributed by atoms with Crippen molar-refractivity contribution in [1.82, 2.24) is 15.1 Å². The van der Waals surface area contributed by atoms with E-state index in [0.29, 0.717) is 44.8 Å². The molecule has 0 bridgehead atoms. The number of hydrogen-bond donors (Lipinski definition) is 1. The Kier molecular flexibility index (Phi) is 9.30. The minimum Gasteiger partial charge on any atom is -0.462 e. The number of aromatic nitrogens is 2. The minimum atomic E-state index is -3.42. The van der Waals surface area contributed by atoms with Crippen molar-refractivity contribution in [2.24, 2.45) is 5.41 Å². The quantitative estimate of drug-likeness (QED) is 0.532. The van der Waals surface area contributed by atoms with Crippen LogP contribution < -0.4 is 5.32 Å². The maximum Gasteiger partial charge on any atom is 0.338 e. The molecule has 3 rings (SSSR count). The number of hydrogen-bond acceptors (Lipinski definition) is 7. The van der Waals surface area contributed by atoms with Crippen molar-refractivity contribution in [3.05, 3.63) is 46.8 Å². The van der Waals surface area contributed by atoms with E-state index in [1.54, 1.807) is 23.7 Å². The van der Waals surface area contributed by atoms with Gasteiger partial charge in [-0.1, -0.05) is 26.8 Å². The normalized spacial score (nSPS) is 15.5. The first-order valence-corrected chi connectivity index (χ1v) is 14.2. The van der Waals surface area contributed by atoms with E-state index in [0.717, 1.165) is 24.1 Å². The molecule has 198 valence electrons. The Morgan fingerprint density at radius 1 is 1.22 bits per heavy atom. The van der Waals surface area contributed by atoms with Gasteiger partial charge in [0.25, 0.3) is 5.91 Å². The summed E-state index contributed by atoms with van der Waals surface area (Å²) >= 11 is 0. The lowest BCUT2D eigenvalue weighted by atomic mass is 9.86. The third kappa shape index (κ3) is 6.94. The van der Waals surface area contributed by atoms with Gasteiger partial charge in [-0.05, 0) is 44.4 Å². The molecule has 0 spiro atoms. The molecule has 10 heteroatoms. The SMILES string of the molecule is CCn1nc(CC(C)(C)COC(=O)c2cccc(S(=O)(=O)CC)c2)c2c1C(=O)NCCCOCCC2. The number of rotatable bonds is 8. The van der Waals surface area contributed by atoms with Crippen LogP contribution >= 0.6 is 0 Å². The molecular formula is C26H37N3O6S. The number of aryl methyl sites for hydroxylation is 1. The van der Waals surface area contributed by atoms with Crippen LogP contribution in [0.4, 0.5) is 0 Å². The summed E-state index contributed by atoms with van der Waals surface area (Å²) in [6.45, 7) is 9.94. The number of esters is 1. The Morgan fingerprint density at radius 2 is 1.97 bits per heavy atom. The molecule has 1 aliphatic heterocycles. The summed E-state index contributed by atoms with van der Waals surface area (Å²) < 4.78 is 37.3. The summed E-state index contributed by atoms with van der Waals surface area (Å²) in [4.78, 5) is 25.8. The van der Waals surface area contributed by atoms with Crippen LogP contribution in [0.5, 0.6) is 0 Å². The molecule has 9 nitrogen and oxygen atoms in total. The zero-order chi connectivity index (χ0) is 26.3. The van der Waals surface area contributed by atoms with Crippen LogP contribution in [0.3, 0.4) is 0 Å². The van der Waals surface area contributed by atoms with Crippen molar-refractivity contribution in [1.29, 1.82) is 0 Å². The number of nitrogens with zero attached hydrogens (tertiary/aromatic N) is 2. The van der Waals surface area contributed by atoms with Gasteiger partial charge in [-0.3, -0.25) is 9.48 Å². The molecular weight excluding hydrogens is 482 g/mol. The molecule has 2 aromatic rings. The van der Waals surface area contributed by atoms with Gasteiger partial charge >= 0.3 is 5.97 Å². The van der Waals surface area contributed by atoms with Gasteiger partial charge in [-0.2, -0.15) is 5.10 Å². The number of benzene rings is 1. The molecule has 1 aromatic heterocycles. The van der Waals surface area contributed by atoms with E-state index in [2.05, 4.69) is 5.32 Å². The van der Waals surface area contributed by atoms with Crippen molar-refractivity contribution in [2.45, 2.75) is 64.8 Å². The lowest BCUT2D eigenvalue weighted by molar-refractivity contribution is 0.0339. The molecule has 2 heterocycles. The van der Waals surface area contributed by atoms with Crippen molar-refractivity contribution in [2.75, 3.05) is 32.1 Å². The molecule has 36 heavy (non-hydrogen) atoms. The van der Waals surface area contributed by atoms with Gasteiger partial charge in [0.1, 0.15) is 5.69 Å². The fraction of sp³-hybridized carbons (Fsp3) is 0.577. The van der Waals surface area contributed by atoms with Crippen LogP contribution in [0, 0.1) is 5.41 Å². The Morgan fingerprint density at radius 3 is 2.69 bits per heavy atom. The van der Waals surface area contributed by atoms with Gasteiger partial charge in [-0.25, -0.2) is 13.2 Å². The number of carbonyl (C=O) groups excluding carboxylic acids is 2. The van der Waals surface area contributed by atoms with E-state index in [4.69, 9.17) is 14.6 Å². The van der Waals surface area contributed by atoms with Crippen molar-refractivity contribution in [3.8, 4) is 0 Å². The average molecular weight is 520 g/mol. The molecule has 0 atom stereocenters. The molecule has 1 N–H and O–H groups in total. The van der Waals surface area contributed by atoms with Crippen LogP contribution in [0.15, 0.2) is 29.2 Å². The van der Waals surface area contributed by atoms with E-state index in [9.17, 15) is 18.0 Å². The van der Waals surface area contributed by atoms with E-state index >= 15 is 0 Å². The number of ether oxygens (including phenoxy) is 2. The highest BCUT2D eigenvalue weighted by Crippen LogP contribution is 2.27. The molecule has 0 fully saturated rings. The fourth-order valence-corrected chi connectivity index (χ4v) is 5.11. The van der Waals surface area contributed by atoms with Crippen LogP contribution in [-0.4, -0.2) is 62.2 Å². The lowest BCUT2D eigenvalue weighted by Gasteiger charge is -2.24. The zero-order valence-electron chi connectivity index (χ0n) is 21.6. The molecule has 1 amide bonds. The minimum absolute atomic E-state index is 0.0442. The van der Waals surface area contributed by atoms with Crippen molar-refractivity contribution in [3.63, 3.8) is 0 Å². The summed E-state index contributed by atoms with van der Waals surface area (Å²) in [5.74, 6) is -0.748. The molecule has 0 saturated carbocycles. The van der Waals surface area contributed by atoms with Crippen LogP contribution in [0.1, 0.15) is 72.6 Å². The summed E-state index contributed by atoms with van der Waals surface area (Å²) in [5, 5.41) is 7.73. The van der Waals surface area contributed by atoms with Gasteiger partial charge < -0.3 is 14.8 Å². The van der Waals surface area contributed by atoms with Gasteiger partial charge in [-0.15, -0.1) is 0 Å². The van der Waals surface area contributed by atoms with E-state index < -0.39 is 21.2 Å². The van der Waals surface area contributed by atoms with E-state index in [1.807, 2.05) is 20.8 Å². The Balaban J connectivity index is 1.77. The van der Waals surface area contributed by atoms with Gasteiger partial charge in [0, 0.05) is 43.7 Å². The van der Waals surface area contributed by atoms with Crippen LogP contribution in [0.25, 0.3) is 0 Å². The van der Waals surface area contributed by atoms with Crippen LogP contribution in [-0.2, 0) is 38.7 Å². The molecule has 1 aromatic carbocycles. The van der Waals surface area contributed by atoms with Crippen molar-refractivity contribution < 1.29 is 27.5 Å². The second kappa shape index (κ2) is 12.0. The number of fused-ring (bicyclic) bond motifs is 1. The zero-order valence-corrected chi connectivity index (χ0v) is 22.4. The summed E-state index contributed by atoms with van der Waals surface area (Å²) in [7, 11) is -3.42. The first-order valence-electron chi connectivity index (χ1n) is 12.5. The highest BCUT2D eigenvalue weighted by atomic mass is 32.2. The molecule has 0 unspecified atom stereocenters. The van der Waals surface area contributed by atoms with E-state index in [1.165, 1.54) is 12.1 Å². The maximum absolute atomic E-state index is 13.0. The smallest absolute Gasteiger partial charge is 0.338 e. The molecule has 1 aliphatic rings. The van der Waals surface area contributed by atoms with Gasteiger partial charge in [0.2, 0.25) is 0 Å². The molecule has 0 radical (unpaired) electrons. The second-order valence-corrected chi connectivity index (χ2v) is 12.0. The number of sulfone groups is 1. The van der Waals surface area contributed by atoms with E-state index in [-0.39, 0.29) is 28.7 Å². The standard InChI is InChI=1S/C26H37N3O6S/c1-5-29-23-21(12-8-14-34-15-9-13-27-24(23)30)22(28-29)17-26(3,4)18-35-25(31)19-10-7-11-20(16-19)36(32,33)6-2/h7,10-11,16H,5-6,8-9,12-15,17-18H2,1-4H3,(H,27,30). The third-order valence-corrected chi connectivity index (χ3v) is 7.90. The Bertz CT molecular complexity index is 1190. The predicted molar refractivity (Wildman–Crippen MR) is 136 cm³/mol. The number of amides is 1. The predicted octanol–water partition coefficient (Wildman–Crippen LogP) is 3.21. The van der Waals surface area contributed by atoms with Crippen LogP contribution in [0.2, 0.25) is 0 Å². The highest BCUT2D eigenvalue weighted by Gasteiger charge is 2.29. The third-order valence-electron chi connectivity index (χ3n) is 6.16. The fourth-order valence-electron chi connectivity index (χ4n) is 4.18. The van der Waals surface area contributed by atoms with Gasteiger partial charge in [0.05, 0.1) is 28.5 Å². The van der Waals surface area contributed by atoms with Crippen molar-refractivity contribution >= 4 is 21.7 Å². The largest absolute Gasteiger partial charge is 0.462 e. The Hall–Kier alpha value is -2.72. The summed E-state index contributed by atoms with van der Waals surface area (Å²) in [6, 6.07) is 5.92. The summed E-state index contributed by atoms with van der Waals surface area (Å²) in [5.41, 5.74) is 2.05. The number of nitrogens with one attached hydrogen (secondary N) is 1. The Labute approximate surface area is 213 Å².